The van der Waals surface area contributed by atoms with Crippen molar-refractivity contribution in [1.82, 2.24) is 4.90 Å². The van der Waals surface area contributed by atoms with Gasteiger partial charge >= 0.3 is 0 Å². The Bertz CT molecular complexity index is 1230. The van der Waals surface area contributed by atoms with E-state index in [4.69, 9.17) is 4.74 Å². The average Bonchev–Trinajstić information content (AvgIpc) is 2.87. The smallest absolute Gasteiger partial charge is 0.214 e. The molecule has 2 aliphatic heterocycles. The lowest BCUT2D eigenvalue weighted by molar-refractivity contribution is -0.108. The third kappa shape index (κ3) is 5.80. The topological polar surface area (TPSA) is 52.9 Å². The van der Waals surface area contributed by atoms with Crippen molar-refractivity contribution in [3.8, 4) is 0 Å². The number of ether oxygens (including phenoxy) is 1. The number of fused-ring (bicyclic) bond motifs is 2. The van der Waals surface area contributed by atoms with Gasteiger partial charge in [0.1, 0.15) is 17.2 Å². The van der Waals surface area contributed by atoms with E-state index in [-0.39, 0.29) is 17.7 Å². The fraction of sp³-hybridized carbons (Fsp3) is 0.455. The molecular weight excluding hydrogens is 477 g/mol. The number of allylic oxidation sites excluding steroid dienone is 2. The van der Waals surface area contributed by atoms with Gasteiger partial charge in [-0.1, -0.05) is 55.8 Å². The summed E-state index contributed by atoms with van der Waals surface area (Å²) in [5, 5.41) is 22.7. The molecule has 0 aromatic heterocycles. The first-order chi connectivity index (χ1) is 18.1. The van der Waals surface area contributed by atoms with E-state index in [2.05, 4.69) is 49.9 Å². The van der Waals surface area contributed by atoms with Crippen molar-refractivity contribution in [2.45, 2.75) is 70.8 Å². The van der Waals surface area contributed by atoms with E-state index in [1.807, 2.05) is 24.3 Å². The zero-order valence-corrected chi connectivity index (χ0v) is 22.8. The van der Waals surface area contributed by atoms with Crippen molar-refractivity contribution in [2.24, 2.45) is 11.8 Å². The molecule has 2 N–H and O–H groups in total. The van der Waals surface area contributed by atoms with Crippen LogP contribution in [0.4, 0.5) is 4.39 Å². The molecule has 0 spiro atoms. The van der Waals surface area contributed by atoms with Crippen molar-refractivity contribution < 1.29 is 19.3 Å². The molecule has 38 heavy (non-hydrogen) atoms. The van der Waals surface area contributed by atoms with E-state index < -0.39 is 11.4 Å². The predicted molar refractivity (Wildman–Crippen MR) is 148 cm³/mol. The Morgan fingerprint density at radius 1 is 1.03 bits per heavy atom. The molecule has 2 atom stereocenters. The molecule has 5 heteroatoms. The molecule has 0 radical (unpaired) electrons. The van der Waals surface area contributed by atoms with Crippen molar-refractivity contribution in [1.29, 1.82) is 0 Å². The van der Waals surface area contributed by atoms with Crippen molar-refractivity contribution >= 4 is 0 Å². The van der Waals surface area contributed by atoms with Crippen LogP contribution in [0.5, 0.6) is 0 Å². The molecule has 4 nitrogen and oxygen atoms in total. The lowest BCUT2D eigenvalue weighted by atomic mass is 9.71. The number of benzene rings is 2. The summed E-state index contributed by atoms with van der Waals surface area (Å²) >= 11 is 0. The lowest BCUT2D eigenvalue weighted by Crippen LogP contribution is -2.51. The number of halogens is 1. The Balaban J connectivity index is 1.31. The van der Waals surface area contributed by atoms with Gasteiger partial charge in [0.2, 0.25) is 5.79 Å². The van der Waals surface area contributed by atoms with Gasteiger partial charge in [-0.25, -0.2) is 4.39 Å². The Labute approximate surface area is 226 Å². The number of unbranched alkanes of at least 4 members (excludes halogenated alkanes) is 1. The molecule has 3 aliphatic rings. The van der Waals surface area contributed by atoms with Crippen LogP contribution < -0.4 is 0 Å². The third-order valence-electron chi connectivity index (χ3n) is 8.45. The molecule has 1 fully saturated rings. The van der Waals surface area contributed by atoms with Gasteiger partial charge in [-0.2, -0.15) is 0 Å². The number of aryl methyl sites for hydroxylation is 1. The molecule has 2 aromatic carbocycles. The Kier molecular flexibility index (Phi) is 7.63. The van der Waals surface area contributed by atoms with E-state index in [0.717, 1.165) is 61.9 Å². The van der Waals surface area contributed by atoms with Gasteiger partial charge in [-0.05, 0) is 98.6 Å². The predicted octanol–water partition coefficient (Wildman–Crippen LogP) is 6.31. The summed E-state index contributed by atoms with van der Waals surface area (Å²) in [6, 6.07) is 17.1. The second-order valence-corrected chi connectivity index (χ2v) is 11.8. The normalized spacial score (nSPS) is 23.1. The molecule has 5 rings (SSSR count). The molecule has 1 aliphatic carbocycles. The fourth-order valence-corrected chi connectivity index (χ4v) is 6.38. The highest BCUT2D eigenvalue weighted by Gasteiger charge is 2.49. The second-order valence-electron chi connectivity index (χ2n) is 11.8. The summed E-state index contributed by atoms with van der Waals surface area (Å²) in [7, 11) is 0. The van der Waals surface area contributed by atoms with Crippen molar-refractivity contribution in [3.63, 3.8) is 0 Å². The summed E-state index contributed by atoms with van der Waals surface area (Å²) in [6.07, 6.45) is 8.41. The van der Waals surface area contributed by atoms with Gasteiger partial charge in [0.05, 0.1) is 5.57 Å². The molecule has 1 saturated heterocycles. The maximum absolute atomic E-state index is 13.1. The molecular formula is C33H40FNO3. The zero-order valence-electron chi connectivity index (χ0n) is 22.8. The number of hydrogen-bond donors (Lipinski definition) is 2. The number of aliphatic hydroxyl groups is 2. The van der Waals surface area contributed by atoms with Crippen LogP contribution in [0.25, 0.3) is 0 Å². The summed E-state index contributed by atoms with van der Waals surface area (Å²) in [4.78, 5) is 2.40. The monoisotopic (exact) mass is 517 g/mol. The standard InChI is InChI=1S/C33H40FNO3/c1-23(9-7-8-10-24-13-15-27(34)16-14-24)26-19-30-31(33(36,37)20-26)28-22-35(21-25-11-5-4-6-12-25)18-17-29(28)32(2,3)38-30/h4-6,11-16,19-20,23,29,36-37H,7-10,17-18,21-22H2,1-3H3. The van der Waals surface area contributed by atoms with Crippen molar-refractivity contribution in [2.75, 3.05) is 13.1 Å². The summed E-state index contributed by atoms with van der Waals surface area (Å²) in [6.45, 7) is 8.86. The maximum atomic E-state index is 13.1. The van der Waals surface area contributed by atoms with Crippen LogP contribution in [0.3, 0.4) is 0 Å². The number of piperidine rings is 1. The molecule has 0 bridgehead atoms. The van der Waals surface area contributed by atoms with Crippen LogP contribution in [0.2, 0.25) is 0 Å². The van der Waals surface area contributed by atoms with E-state index in [9.17, 15) is 14.6 Å². The van der Waals surface area contributed by atoms with E-state index in [0.29, 0.717) is 17.9 Å². The molecule has 0 amide bonds. The van der Waals surface area contributed by atoms with E-state index in [1.165, 1.54) is 17.7 Å². The third-order valence-corrected chi connectivity index (χ3v) is 8.45. The first kappa shape index (κ1) is 26.9. The van der Waals surface area contributed by atoms with Gasteiger partial charge in [0.15, 0.2) is 0 Å². The lowest BCUT2D eigenvalue weighted by Gasteiger charge is -2.50. The first-order valence-electron chi connectivity index (χ1n) is 14.0. The van der Waals surface area contributed by atoms with Gasteiger partial charge < -0.3 is 14.9 Å². The Hall–Kier alpha value is -2.73. The maximum Gasteiger partial charge on any atom is 0.214 e. The average molecular weight is 518 g/mol. The molecule has 0 saturated carbocycles. The summed E-state index contributed by atoms with van der Waals surface area (Å²) in [5.41, 5.74) is 4.51. The zero-order chi connectivity index (χ0) is 26.9. The van der Waals surface area contributed by atoms with Crippen LogP contribution in [-0.4, -0.2) is 39.6 Å². The van der Waals surface area contributed by atoms with Crippen LogP contribution in [0, 0.1) is 17.7 Å². The van der Waals surface area contributed by atoms with Crippen LogP contribution >= 0.6 is 0 Å². The Morgan fingerprint density at radius 2 is 1.76 bits per heavy atom. The van der Waals surface area contributed by atoms with Crippen LogP contribution in [0.15, 0.2) is 89.2 Å². The van der Waals surface area contributed by atoms with Gasteiger partial charge in [-0.3, -0.25) is 4.90 Å². The fourth-order valence-electron chi connectivity index (χ4n) is 6.38. The van der Waals surface area contributed by atoms with Gasteiger partial charge in [-0.15, -0.1) is 0 Å². The first-order valence-corrected chi connectivity index (χ1v) is 14.0. The van der Waals surface area contributed by atoms with E-state index in [1.54, 1.807) is 6.08 Å². The highest BCUT2D eigenvalue weighted by atomic mass is 19.1. The highest BCUT2D eigenvalue weighted by molar-refractivity contribution is 5.52. The number of nitrogens with zero attached hydrogens (tertiary/aromatic N) is 1. The minimum atomic E-state index is -2.05. The largest absolute Gasteiger partial charge is 0.487 e. The second kappa shape index (κ2) is 10.8. The molecule has 2 heterocycles. The SMILES string of the molecule is CC(CCCCc1ccc(F)cc1)C1=CC(O)(O)C2=C3CN(Cc4ccccc4)CCC3C(C)(C)OC2=C1. The quantitative estimate of drug-likeness (QED) is 0.318. The minimum Gasteiger partial charge on any atom is -0.487 e. The summed E-state index contributed by atoms with van der Waals surface area (Å²) in [5.74, 6) is -1.36. The Morgan fingerprint density at radius 3 is 2.50 bits per heavy atom. The minimum absolute atomic E-state index is 0.138. The number of hydrogen-bond acceptors (Lipinski definition) is 4. The van der Waals surface area contributed by atoms with E-state index >= 15 is 0 Å². The van der Waals surface area contributed by atoms with Crippen LogP contribution in [0.1, 0.15) is 57.6 Å². The van der Waals surface area contributed by atoms with Gasteiger partial charge in [0.25, 0.3) is 0 Å². The number of rotatable bonds is 8. The highest BCUT2D eigenvalue weighted by Crippen LogP contribution is 2.49. The van der Waals surface area contributed by atoms with Gasteiger partial charge in [0, 0.05) is 19.0 Å². The number of likely N-dealkylation sites (tertiary alicyclic amines) is 1. The summed E-state index contributed by atoms with van der Waals surface area (Å²) < 4.78 is 19.7. The molecule has 2 unspecified atom stereocenters. The molecule has 202 valence electrons. The molecule has 2 aromatic rings. The van der Waals surface area contributed by atoms with Crippen LogP contribution in [-0.2, 0) is 17.7 Å². The van der Waals surface area contributed by atoms with Crippen molar-refractivity contribution in [3.05, 3.63) is 106 Å².